The van der Waals surface area contributed by atoms with E-state index in [1.165, 1.54) is 44.9 Å². The minimum atomic E-state index is -0.381. The highest BCUT2D eigenvalue weighted by molar-refractivity contribution is 5.89. The van der Waals surface area contributed by atoms with Gasteiger partial charge in [0.2, 0.25) is 0 Å². The number of carbonyl (C=O) groups excluding carboxylic acids is 1. The van der Waals surface area contributed by atoms with E-state index < -0.39 is 0 Å². The van der Waals surface area contributed by atoms with E-state index in [0.717, 1.165) is 32.1 Å². The largest absolute Gasteiger partial charge is 0.389 e. The van der Waals surface area contributed by atoms with Crippen LogP contribution in [0.1, 0.15) is 97.3 Å². The fourth-order valence-electron chi connectivity index (χ4n) is 2.57. The van der Waals surface area contributed by atoms with Crippen molar-refractivity contribution in [2.24, 2.45) is 0 Å². The highest BCUT2D eigenvalue weighted by Crippen LogP contribution is 2.10. The zero-order valence-electron chi connectivity index (χ0n) is 15.4. The smallest absolute Gasteiger partial charge is 0.155 e. The third-order valence-electron chi connectivity index (χ3n) is 4.11. The van der Waals surface area contributed by atoms with Crippen molar-refractivity contribution < 1.29 is 9.90 Å². The molecule has 2 nitrogen and oxygen atoms in total. The first kappa shape index (κ1) is 22.1. The summed E-state index contributed by atoms with van der Waals surface area (Å²) in [4.78, 5) is 11.7. The van der Waals surface area contributed by atoms with Gasteiger partial charge in [0, 0.05) is 6.42 Å². The summed E-state index contributed by atoms with van der Waals surface area (Å²) < 4.78 is 0. The average molecular weight is 323 g/mol. The lowest BCUT2D eigenvalue weighted by molar-refractivity contribution is -0.114. The number of ketones is 1. The molecule has 134 valence electrons. The molecule has 0 aliphatic heterocycles. The van der Waals surface area contributed by atoms with E-state index in [2.05, 4.69) is 13.8 Å². The van der Waals surface area contributed by atoms with Crippen LogP contribution in [0.25, 0.3) is 0 Å². The van der Waals surface area contributed by atoms with Gasteiger partial charge in [0.1, 0.15) is 0 Å². The molecular weight excluding hydrogens is 284 g/mol. The van der Waals surface area contributed by atoms with Gasteiger partial charge in [0.15, 0.2) is 5.78 Å². The van der Waals surface area contributed by atoms with Gasteiger partial charge in [-0.3, -0.25) is 4.79 Å². The molecule has 0 aromatic carbocycles. The first-order valence-electron chi connectivity index (χ1n) is 9.76. The number of allylic oxidation sites excluding steroid dienone is 3. The fourth-order valence-corrected chi connectivity index (χ4v) is 2.57. The van der Waals surface area contributed by atoms with Gasteiger partial charge in [-0.15, -0.1) is 0 Å². The Morgan fingerprint density at radius 2 is 1.39 bits per heavy atom. The number of aliphatic hydroxyl groups excluding tert-OH is 1. The van der Waals surface area contributed by atoms with Crippen LogP contribution in [0, 0.1) is 0 Å². The molecule has 0 fully saturated rings. The summed E-state index contributed by atoms with van der Waals surface area (Å²) >= 11 is 0. The van der Waals surface area contributed by atoms with Crippen LogP contribution in [0.5, 0.6) is 0 Å². The van der Waals surface area contributed by atoms with Crippen LogP contribution in [0.15, 0.2) is 24.3 Å². The van der Waals surface area contributed by atoms with Crippen molar-refractivity contribution in [2.45, 2.75) is 103 Å². The van der Waals surface area contributed by atoms with Gasteiger partial charge in [-0.1, -0.05) is 96.3 Å². The normalized spacial score (nSPS) is 13.2. The predicted molar refractivity (Wildman–Crippen MR) is 101 cm³/mol. The minimum Gasteiger partial charge on any atom is -0.389 e. The molecule has 0 aromatic heterocycles. The van der Waals surface area contributed by atoms with Crippen LogP contribution in [0.2, 0.25) is 0 Å². The summed E-state index contributed by atoms with van der Waals surface area (Å²) in [7, 11) is 0. The number of hydrogen-bond donors (Lipinski definition) is 1. The second kappa shape index (κ2) is 17.5. The summed E-state index contributed by atoms with van der Waals surface area (Å²) in [5.41, 5.74) is 0. The molecule has 0 amide bonds. The molecule has 1 N–H and O–H groups in total. The average Bonchev–Trinajstić information content (AvgIpc) is 2.54. The van der Waals surface area contributed by atoms with E-state index >= 15 is 0 Å². The quantitative estimate of drug-likeness (QED) is 0.210. The predicted octanol–water partition coefficient (Wildman–Crippen LogP) is 6.14. The van der Waals surface area contributed by atoms with Crippen LogP contribution in [-0.2, 0) is 4.79 Å². The van der Waals surface area contributed by atoms with Crippen LogP contribution < -0.4 is 0 Å². The first-order valence-corrected chi connectivity index (χ1v) is 9.76. The zero-order valence-corrected chi connectivity index (χ0v) is 15.4. The molecule has 23 heavy (non-hydrogen) atoms. The molecule has 1 atom stereocenters. The summed E-state index contributed by atoms with van der Waals surface area (Å²) in [6.45, 7) is 4.39. The molecule has 0 saturated carbocycles. The molecule has 0 radical (unpaired) electrons. The monoisotopic (exact) mass is 322 g/mol. The third kappa shape index (κ3) is 17.3. The van der Waals surface area contributed by atoms with Crippen LogP contribution >= 0.6 is 0 Å². The van der Waals surface area contributed by atoms with Crippen molar-refractivity contribution in [3.63, 3.8) is 0 Å². The number of hydrogen-bond acceptors (Lipinski definition) is 2. The van der Waals surface area contributed by atoms with Gasteiger partial charge in [-0.25, -0.2) is 0 Å². The van der Waals surface area contributed by atoms with Gasteiger partial charge in [-0.2, -0.15) is 0 Å². The molecule has 0 spiro atoms. The molecule has 0 aromatic rings. The van der Waals surface area contributed by atoms with Crippen molar-refractivity contribution in [3.8, 4) is 0 Å². The molecule has 0 rings (SSSR count). The van der Waals surface area contributed by atoms with E-state index in [-0.39, 0.29) is 11.9 Å². The van der Waals surface area contributed by atoms with Crippen molar-refractivity contribution in [1.82, 2.24) is 0 Å². The topological polar surface area (TPSA) is 37.3 Å². The summed E-state index contributed by atoms with van der Waals surface area (Å²) in [5, 5.41) is 9.71. The maximum absolute atomic E-state index is 11.7. The molecule has 0 aliphatic rings. The van der Waals surface area contributed by atoms with Crippen LogP contribution in [0.4, 0.5) is 0 Å². The van der Waals surface area contributed by atoms with Crippen molar-refractivity contribution in [3.05, 3.63) is 24.3 Å². The Balaban J connectivity index is 3.54. The molecule has 0 heterocycles. The maximum atomic E-state index is 11.7. The Labute approximate surface area is 144 Å². The Kier molecular flexibility index (Phi) is 16.8. The second-order valence-corrected chi connectivity index (χ2v) is 6.50. The summed E-state index contributed by atoms with van der Waals surface area (Å²) in [6, 6.07) is 0. The Morgan fingerprint density at radius 1 is 0.826 bits per heavy atom. The second-order valence-electron chi connectivity index (χ2n) is 6.50. The lowest BCUT2D eigenvalue weighted by Crippen LogP contribution is -2.00. The van der Waals surface area contributed by atoms with E-state index in [4.69, 9.17) is 0 Å². The van der Waals surface area contributed by atoms with Gasteiger partial charge in [0.05, 0.1) is 6.10 Å². The number of rotatable bonds is 16. The lowest BCUT2D eigenvalue weighted by Gasteiger charge is -2.03. The van der Waals surface area contributed by atoms with Crippen molar-refractivity contribution >= 4 is 5.78 Å². The molecule has 0 bridgehead atoms. The molecular formula is C21H38O2. The minimum absolute atomic E-state index is 0.195. The van der Waals surface area contributed by atoms with E-state index in [1.54, 1.807) is 24.3 Å². The zero-order chi connectivity index (χ0) is 17.2. The van der Waals surface area contributed by atoms with Gasteiger partial charge >= 0.3 is 0 Å². The highest BCUT2D eigenvalue weighted by Gasteiger charge is 1.98. The summed E-state index contributed by atoms with van der Waals surface area (Å²) in [6.07, 6.45) is 21.5. The Bertz CT molecular complexity index is 318. The maximum Gasteiger partial charge on any atom is 0.155 e. The SMILES string of the molecule is CCCCCCCCCCC(=O)/C=C/C=C/C(O)CCCCC. The van der Waals surface area contributed by atoms with E-state index in [9.17, 15) is 9.90 Å². The molecule has 1 unspecified atom stereocenters. The third-order valence-corrected chi connectivity index (χ3v) is 4.11. The van der Waals surface area contributed by atoms with Crippen molar-refractivity contribution in [2.75, 3.05) is 0 Å². The van der Waals surface area contributed by atoms with E-state index in [0.29, 0.717) is 6.42 Å². The molecule has 2 heteroatoms. The number of unbranched alkanes of at least 4 members (excludes halogenated alkanes) is 9. The van der Waals surface area contributed by atoms with Gasteiger partial charge in [0.25, 0.3) is 0 Å². The molecule has 0 saturated heterocycles. The highest BCUT2D eigenvalue weighted by atomic mass is 16.3. The van der Waals surface area contributed by atoms with Crippen LogP contribution in [-0.4, -0.2) is 17.0 Å². The summed E-state index contributed by atoms with van der Waals surface area (Å²) in [5.74, 6) is 0.195. The first-order chi connectivity index (χ1) is 11.2. The standard InChI is InChI=1S/C21H38O2/c1-3-5-7-8-9-10-11-13-17-21(23)19-15-14-18-20(22)16-12-6-4-2/h14-15,18-20,22H,3-13,16-17H2,1-2H3/b18-14+,19-15+. The lowest BCUT2D eigenvalue weighted by atomic mass is 10.1. The van der Waals surface area contributed by atoms with Gasteiger partial charge in [-0.05, 0) is 18.9 Å². The van der Waals surface area contributed by atoms with Gasteiger partial charge < -0.3 is 5.11 Å². The van der Waals surface area contributed by atoms with E-state index in [1.807, 2.05) is 0 Å². The number of carbonyl (C=O) groups is 1. The Hall–Kier alpha value is -0.890. The number of aliphatic hydroxyl groups is 1. The van der Waals surface area contributed by atoms with Crippen LogP contribution in [0.3, 0.4) is 0 Å². The van der Waals surface area contributed by atoms with Crippen molar-refractivity contribution in [1.29, 1.82) is 0 Å². The Morgan fingerprint density at radius 3 is 2.04 bits per heavy atom. The fraction of sp³-hybridized carbons (Fsp3) is 0.762. The molecule has 0 aliphatic carbocycles.